The molecule has 2 aromatic rings. The Labute approximate surface area is 168 Å². The summed E-state index contributed by atoms with van der Waals surface area (Å²) in [5.74, 6) is 0. The van der Waals surface area contributed by atoms with E-state index in [0.717, 1.165) is 60.7 Å². The minimum Gasteiger partial charge on any atom is -0.379 e. The Kier molecular flexibility index (Phi) is 6.55. The molecule has 152 valence electrons. The van der Waals surface area contributed by atoms with Crippen molar-refractivity contribution in [1.29, 1.82) is 0 Å². The molecule has 0 radical (unpaired) electrons. The summed E-state index contributed by atoms with van der Waals surface area (Å²) in [7, 11) is -3.58. The molecule has 0 bridgehead atoms. The number of rotatable bonds is 6. The summed E-state index contributed by atoms with van der Waals surface area (Å²) < 4.78 is 34.2. The Bertz CT molecular complexity index is 922. The first kappa shape index (κ1) is 21.0. The van der Waals surface area contributed by atoms with Crippen molar-refractivity contribution >= 4 is 10.0 Å². The van der Waals surface area contributed by atoms with Crippen LogP contribution in [0.3, 0.4) is 0 Å². The van der Waals surface area contributed by atoms with Gasteiger partial charge in [0.1, 0.15) is 0 Å². The van der Waals surface area contributed by atoms with Crippen LogP contribution in [0.25, 0.3) is 0 Å². The van der Waals surface area contributed by atoms with Crippen LogP contribution in [-0.2, 0) is 27.8 Å². The van der Waals surface area contributed by atoms with Crippen LogP contribution in [-0.4, -0.2) is 39.6 Å². The summed E-state index contributed by atoms with van der Waals surface area (Å²) in [4.78, 5) is 2.77. The second kappa shape index (κ2) is 8.74. The molecule has 0 spiro atoms. The minimum absolute atomic E-state index is 0.283. The molecule has 0 aromatic heterocycles. The van der Waals surface area contributed by atoms with Crippen LogP contribution in [0.15, 0.2) is 35.2 Å². The molecular weight excluding hydrogens is 372 g/mol. The standard InChI is InChI=1S/C22H30N2O3S/c1-16-12-17(2)19(4)22(18(16)3)28(25,26)23-14-20-6-5-7-21(13-20)15-24-8-10-27-11-9-24/h5-7,12-13,23H,8-11,14-15H2,1-4H3. The molecule has 28 heavy (non-hydrogen) atoms. The second-order valence-electron chi connectivity index (χ2n) is 7.62. The lowest BCUT2D eigenvalue weighted by atomic mass is 10.0. The summed E-state index contributed by atoms with van der Waals surface area (Å²) in [5, 5.41) is 0. The Morgan fingerprint density at radius 1 is 0.964 bits per heavy atom. The van der Waals surface area contributed by atoms with E-state index in [1.54, 1.807) is 0 Å². The van der Waals surface area contributed by atoms with Crippen LogP contribution < -0.4 is 4.72 Å². The molecule has 1 fully saturated rings. The molecular formula is C22H30N2O3S. The van der Waals surface area contributed by atoms with E-state index >= 15 is 0 Å². The Hall–Kier alpha value is -1.73. The fraction of sp³-hybridized carbons (Fsp3) is 0.455. The van der Waals surface area contributed by atoms with Gasteiger partial charge in [-0.05, 0) is 61.1 Å². The summed E-state index contributed by atoms with van der Waals surface area (Å²) in [6.45, 7) is 12.2. The smallest absolute Gasteiger partial charge is 0.241 e. The summed E-state index contributed by atoms with van der Waals surface area (Å²) >= 11 is 0. The molecule has 0 aliphatic carbocycles. The topological polar surface area (TPSA) is 58.6 Å². The van der Waals surface area contributed by atoms with E-state index in [4.69, 9.17) is 4.74 Å². The molecule has 0 atom stereocenters. The van der Waals surface area contributed by atoms with Crippen molar-refractivity contribution in [2.45, 2.75) is 45.7 Å². The number of hydrogen-bond donors (Lipinski definition) is 1. The van der Waals surface area contributed by atoms with E-state index in [1.165, 1.54) is 5.56 Å². The van der Waals surface area contributed by atoms with Gasteiger partial charge in [0.25, 0.3) is 0 Å². The monoisotopic (exact) mass is 402 g/mol. The second-order valence-corrected chi connectivity index (χ2v) is 9.33. The van der Waals surface area contributed by atoms with Crippen LogP contribution in [0.4, 0.5) is 0 Å². The van der Waals surface area contributed by atoms with Gasteiger partial charge >= 0.3 is 0 Å². The van der Waals surface area contributed by atoms with Crippen molar-refractivity contribution in [2.24, 2.45) is 0 Å². The maximum atomic E-state index is 13.0. The van der Waals surface area contributed by atoms with Crippen LogP contribution in [0.2, 0.25) is 0 Å². The highest BCUT2D eigenvalue weighted by molar-refractivity contribution is 7.89. The largest absolute Gasteiger partial charge is 0.379 e. The molecule has 3 rings (SSSR count). The number of nitrogens with one attached hydrogen (secondary N) is 1. The number of morpholine rings is 1. The van der Waals surface area contributed by atoms with E-state index in [1.807, 2.05) is 45.9 Å². The number of benzene rings is 2. The highest BCUT2D eigenvalue weighted by Gasteiger charge is 2.22. The van der Waals surface area contributed by atoms with Gasteiger partial charge in [-0.25, -0.2) is 13.1 Å². The summed E-state index contributed by atoms with van der Waals surface area (Å²) in [6.07, 6.45) is 0. The van der Waals surface area contributed by atoms with Crippen LogP contribution in [0.1, 0.15) is 33.4 Å². The average Bonchev–Trinajstić information content (AvgIpc) is 2.66. The van der Waals surface area contributed by atoms with E-state index in [0.29, 0.717) is 4.90 Å². The van der Waals surface area contributed by atoms with Gasteiger partial charge in [-0.15, -0.1) is 0 Å². The zero-order valence-corrected chi connectivity index (χ0v) is 18.0. The van der Waals surface area contributed by atoms with Crippen molar-refractivity contribution in [3.8, 4) is 0 Å². The maximum Gasteiger partial charge on any atom is 0.241 e. The molecule has 0 unspecified atom stereocenters. The Morgan fingerprint density at radius 3 is 2.21 bits per heavy atom. The van der Waals surface area contributed by atoms with E-state index < -0.39 is 10.0 Å². The van der Waals surface area contributed by atoms with E-state index in [-0.39, 0.29) is 6.54 Å². The fourth-order valence-electron chi connectivity index (χ4n) is 3.69. The van der Waals surface area contributed by atoms with E-state index in [2.05, 4.69) is 21.8 Å². The van der Waals surface area contributed by atoms with Crippen molar-refractivity contribution in [1.82, 2.24) is 9.62 Å². The van der Waals surface area contributed by atoms with Crippen molar-refractivity contribution in [2.75, 3.05) is 26.3 Å². The number of aryl methyl sites for hydroxylation is 2. The summed E-state index contributed by atoms with van der Waals surface area (Å²) in [5.41, 5.74) is 5.78. The molecule has 2 aromatic carbocycles. The third-order valence-electron chi connectivity index (χ3n) is 5.53. The fourth-order valence-corrected chi connectivity index (χ4v) is 5.32. The lowest BCUT2D eigenvalue weighted by Crippen LogP contribution is -2.35. The Morgan fingerprint density at radius 2 is 1.57 bits per heavy atom. The molecule has 1 aliphatic heterocycles. The van der Waals surface area contributed by atoms with Crippen molar-refractivity contribution in [3.05, 3.63) is 63.7 Å². The van der Waals surface area contributed by atoms with Gasteiger partial charge < -0.3 is 4.74 Å². The van der Waals surface area contributed by atoms with Crippen LogP contribution >= 0.6 is 0 Å². The van der Waals surface area contributed by atoms with Crippen molar-refractivity contribution in [3.63, 3.8) is 0 Å². The first-order valence-electron chi connectivity index (χ1n) is 9.73. The van der Waals surface area contributed by atoms with Gasteiger partial charge in [0, 0.05) is 26.2 Å². The summed E-state index contributed by atoms with van der Waals surface area (Å²) in [6, 6.07) is 10.2. The maximum absolute atomic E-state index is 13.0. The molecule has 1 saturated heterocycles. The van der Waals surface area contributed by atoms with E-state index in [9.17, 15) is 8.42 Å². The van der Waals surface area contributed by atoms with Gasteiger partial charge in [0.05, 0.1) is 18.1 Å². The van der Waals surface area contributed by atoms with Crippen LogP contribution in [0.5, 0.6) is 0 Å². The predicted molar refractivity (Wildman–Crippen MR) is 112 cm³/mol. The zero-order valence-electron chi connectivity index (χ0n) is 17.2. The molecule has 1 heterocycles. The molecule has 5 nitrogen and oxygen atoms in total. The molecule has 6 heteroatoms. The molecule has 0 amide bonds. The average molecular weight is 403 g/mol. The number of sulfonamides is 1. The van der Waals surface area contributed by atoms with Crippen LogP contribution in [0, 0.1) is 27.7 Å². The quantitative estimate of drug-likeness (QED) is 0.806. The third-order valence-corrected chi connectivity index (χ3v) is 7.21. The molecule has 0 saturated carbocycles. The predicted octanol–water partition coefficient (Wildman–Crippen LogP) is 3.23. The molecule has 1 N–H and O–H groups in total. The SMILES string of the molecule is Cc1cc(C)c(C)c(S(=O)(=O)NCc2cccc(CN3CCOCC3)c2)c1C. The Balaban J connectivity index is 1.74. The highest BCUT2D eigenvalue weighted by Crippen LogP contribution is 2.26. The normalized spacial score (nSPS) is 15.7. The van der Waals surface area contributed by atoms with Gasteiger partial charge in [0.15, 0.2) is 0 Å². The van der Waals surface area contributed by atoms with Gasteiger partial charge in [-0.3, -0.25) is 4.90 Å². The number of nitrogens with zero attached hydrogens (tertiary/aromatic N) is 1. The van der Waals surface area contributed by atoms with Gasteiger partial charge in [-0.1, -0.05) is 30.3 Å². The number of ether oxygens (including phenoxy) is 1. The molecule has 1 aliphatic rings. The first-order chi connectivity index (χ1) is 13.3. The third kappa shape index (κ3) is 4.81. The van der Waals surface area contributed by atoms with Crippen molar-refractivity contribution < 1.29 is 13.2 Å². The highest BCUT2D eigenvalue weighted by atomic mass is 32.2. The minimum atomic E-state index is -3.58. The van der Waals surface area contributed by atoms with Gasteiger partial charge in [-0.2, -0.15) is 0 Å². The first-order valence-corrected chi connectivity index (χ1v) is 11.2. The van der Waals surface area contributed by atoms with Gasteiger partial charge in [0.2, 0.25) is 10.0 Å². The lowest BCUT2D eigenvalue weighted by Gasteiger charge is -2.26. The zero-order chi connectivity index (χ0) is 20.3. The number of hydrogen-bond acceptors (Lipinski definition) is 4. The lowest BCUT2D eigenvalue weighted by molar-refractivity contribution is 0.0342.